The maximum Gasteiger partial charge on any atom is 0.304 e. The van der Waals surface area contributed by atoms with Gasteiger partial charge in [0.1, 0.15) is 16.9 Å². The quantitative estimate of drug-likeness (QED) is 0.300. The number of benzene rings is 3. The molecule has 1 N–H and O–H groups in total. The molecule has 2 heterocycles. The van der Waals surface area contributed by atoms with E-state index in [1.54, 1.807) is 16.8 Å². The summed E-state index contributed by atoms with van der Waals surface area (Å²) in [6.07, 6.45) is -0.231. The van der Waals surface area contributed by atoms with E-state index >= 15 is 4.39 Å². The van der Waals surface area contributed by atoms with Crippen LogP contribution in [0.2, 0.25) is 0 Å². The highest BCUT2D eigenvalue weighted by Crippen LogP contribution is 2.35. The average molecular weight is 533 g/mol. The lowest BCUT2D eigenvalue weighted by molar-refractivity contribution is -0.137. The van der Waals surface area contributed by atoms with Crippen LogP contribution in [0.25, 0.3) is 11.0 Å². The first-order chi connectivity index (χ1) is 18.1. The zero-order chi connectivity index (χ0) is 27.0. The zero-order valence-corrected chi connectivity index (χ0v) is 22.2. The van der Waals surface area contributed by atoms with Crippen molar-refractivity contribution in [1.82, 2.24) is 19.9 Å². The molecule has 3 aromatic carbocycles. The molecular formula is C31H37FN4O3. The van der Waals surface area contributed by atoms with Crippen molar-refractivity contribution in [2.75, 3.05) is 6.54 Å². The van der Waals surface area contributed by atoms with Crippen LogP contribution >= 0.6 is 0 Å². The van der Waals surface area contributed by atoms with Crippen LogP contribution in [-0.2, 0) is 24.4 Å². The predicted molar refractivity (Wildman–Crippen MR) is 150 cm³/mol. The molecule has 39 heavy (non-hydrogen) atoms. The van der Waals surface area contributed by atoms with Crippen LogP contribution in [0.4, 0.5) is 4.39 Å². The number of para-hydroxylation sites is 1. The van der Waals surface area contributed by atoms with Gasteiger partial charge in [0, 0.05) is 37.7 Å². The molecule has 5 rings (SSSR count). The highest BCUT2D eigenvalue weighted by atomic mass is 19.1. The topological polar surface area (TPSA) is 80.5 Å². The fourth-order valence-corrected chi connectivity index (χ4v) is 5.44. The van der Waals surface area contributed by atoms with Gasteiger partial charge < -0.3 is 9.84 Å². The van der Waals surface area contributed by atoms with E-state index in [0.29, 0.717) is 24.2 Å². The van der Waals surface area contributed by atoms with Crippen molar-refractivity contribution in [3.63, 3.8) is 0 Å². The number of hydrogen-bond acceptors (Lipinski definition) is 5. The largest absolute Gasteiger partial charge is 0.486 e. The van der Waals surface area contributed by atoms with E-state index in [2.05, 4.69) is 42.0 Å². The number of halogens is 1. The molecule has 0 saturated carbocycles. The molecule has 1 aliphatic heterocycles. The first-order valence-electron chi connectivity index (χ1n) is 13.0. The van der Waals surface area contributed by atoms with E-state index in [9.17, 15) is 9.90 Å². The Kier molecular flexibility index (Phi) is 8.07. The Balaban J connectivity index is 0.00000353. The number of fused-ring (bicyclic) bond motifs is 2. The molecule has 1 aliphatic rings. The molecule has 0 fully saturated rings. The number of ether oxygens (including phenoxy) is 1. The summed E-state index contributed by atoms with van der Waals surface area (Å²) in [4.78, 5) is 14.2. The Hall–Kier alpha value is -3.78. The van der Waals surface area contributed by atoms with Gasteiger partial charge in [0.25, 0.3) is 0 Å². The number of carbonyl (C=O) groups is 1. The molecule has 0 bridgehead atoms. The molecule has 0 saturated heterocycles. The van der Waals surface area contributed by atoms with Crippen LogP contribution in [-0.4, -0.2) is 43.1 Å². The maximum absolute atomic E-state index is 15.7. The number of aromatic nitrogens is 3. The molecule has 0 amide bonds. The number of aliphatic carboxylic acids is 1. The van der Waals surface area contributed by atoms with Gasteiger partial charge in [0.05, 0.1) is 11.9 Å². The molecule has 4 aromatic rings. The summed E-state index contributed by atoms with van der Waals surface area (Å²) in [7, 11) is 0. The van der Waals surface area contributed by atoms with Crippen molar-refractivity contribution in [3.8, 4) is 5.75 Å². The van der Waals surface area contributed by atoms with Crippen LogP contribution in [0.15, 0.2) is 54.6 Å². The van der Waals surface area contributed by atoms with E-state index < -0.39 is 17.7 Å². The van der Waals surface area contributed by atoms with Gasteiger partial charge >= 0.3 is 5.97 Å². The van der Waals surface area contributed by atoms with E-state index in [0.717, 1.165) is 41.1 Å². The van der Waals surface area contributed by atoms with Gasteiger partial charge in [-0.05, 0) is 62.1 Å². The third-order valence-electron chi connectivity index (χ3n) is 7.24. The van der Waals surface area contributed by atoms with Crippen molar-refractivity contribution in [3.05, 3.63) is 88.2 Å². The summed E-state index contributed by atoms with van der Waals surface area (Å²) in [5, 5.41) is 17.8. The lowest BCUT2D eigenvalue weighted by Gasteiger charge is -2.30. The minimum absolute atomic E-state index is 0. The number of rotatable bonds is 7. The Morgan fingerprint density at radius 1 is 1.18 bits per heavy atom. The summed E-state index contributed by atoms with van der Waals surface area (Å²) in [5.74, 6) is -1.26. The lowest BCUT2D eigenvalue weighted by atomic mass is 9.86. The number of nitrogens with zero attached hydrogens (tertiary/aromatic N) is 4. The third kappa shape index (κ3) is 5.81. The summed E-state index contributed by atoms with van der Waals surface area (Å²) in [6, 6.07) is 17.5. The van der Waals surface area contributed by atoms with Crippen molar-refractivity contribution in [2.45, 2.75) is 72.7 Å². The molecule has 8 heteroatoms. The molecular weight excluding hydrogens is 495 g/mol. The Morgan fingerprint density at radius 3 is 2.69 bits per heavy atom. The molecule has 0 spiro atoms. The van der Waals surface area contributed by atoms with Gasteiger partial charge in [-0.2, -0.15) is 0 Å². The standard InChI is InChI=1S/C30H33FN4O3.CH4/c1-5-35-25-13-12-23(28(31)29(25)32-33-35)24(15-27(36)37)20-11-10-19(2)22(14-20)17-34-16-21-8-6-7-9-26(21)38-30(3,4)18-34;/h6-14,24H,5,15-18H2,1-4H3,(H,36,37);1H4/t24-;/m0./s1. The van der Waals surface area contributed by atoms with Gasteiger partial charge in [0.15, 0.2) is 5.82 Å². The van der Waals surface area contributed by atoms with E-state index in [-0.39, 0.29) is 25.0 Å². The smallest absolute Gasteiger partial charge is 0.304 e. The van der Waals surface area contributed by atoms with Crippen LogP contribution in [0.3, 0.4) is 0 Å². The second-order valence-corrected chi connectivity index (χ2v) is 10.7. The van der Waals surface area contributed by atoms with Gasteiger partial charge in [-0.3, -0.25) is 9.69 Å². The summed E-state index contributed by atoms with van der Waals surface area (Å²) < 4.78 is 23.6. The first kappa shape index (κ1) is 28.2. The predicted octanol–water partition coefficient (Wildman–Crippen LogP) is 6.31. The second-order valence-electron chi connectivity index (χ2n) is 10.7. The maximum atomic E-state index is 15.7. The first-order valence-corrected chi connectivity index (χ1v) is 13.0. The van der Waals surface area contributed by atoms with Crippen molar-refractivity contribution < 1.29 is 19.0 Å². The number of aryl methyl sites for hydroxylation is 2. The zero-order valence-electron chi connectivity index (χ0n) is 22.2. The van der Waals surface area contributed by atoms with Crippen LogP contribution in [0.1, 0.15) is 68.4 Å². The molecule has 0 radical (unpaired) electrons. The Morgan fingerprint density at radius 2 is 1.95 bits per heavy atom. The summed E-state index contributed by atoms with van der Waals surface area (Å²) >= 11 is 0. The lowest BCUT2D eigenvalue weighted by Crippen LogP contribution is -2.40. The Labute approximate surface area is 229 Å². The van der Waals surface area contributed by atoms with Crippen LogP contribution in [0.5, 0.6) is 5.75 Å². The van der Waals surface area contributed by atoms with Gasteiger partial charge in [0.2, 0.25) is 0 Å². The fourth-order valence-electron chi connectivity index (χ4n) is 5.44. The number of hydrogen-bond donors (Lipinski definition) is 1. The molecule has 206 valence electrons. The van der Waals surface area contributed by atoms with E-state index in [1.807, 2.05) is 43.3 Å². The highest BCUT2D eigenvalue weighted by Gasteiger charge is 2.30. The Bertz CT molecular complexity index is 1500. The molecule has 0 unspecified atom stereocenters. The van der Waals surface area contributed by atoms with Crippen molar-refractivity contribution in [1.29, 1.82) is 0 Å². The van der Waals surface area contributed by atoms with Gasteiger partial charge in [-0.25, -0.2) is 9.07 Å². The summed E-state index contributed by atoms with van der Waals surface area (Å²) in [6.45, 7) is 10.8. The minimum Gasteiger partial charge on any atom is -0.486 e. The van der Waals surface area contributed by atoms with E-state index in [4.69, 9.17) is 4.74 Å². The molecule has 0 aliphatic carbocycles. The van der Waals surface area contributed by atoms with Crippen LogP contribution < -0.4 is 4.74 Å². The molecule has 1 aromatic heterocycles. The number of carboxylic acids is 1. The second kappa shape index (κ2) is 11.1. The van der Waals surface area contributed by atoms with Gasteiger partial charge in [-0.15, -0.1) is 5.10 Å². The third-order valence-corrected chi connectivity index (χ3v) is 7.24. The normalized spacial score (nSPS) is 15.6. The molecule has 7 nitrogen and oxygen atoms in total. The monoisotopic (exact) mass is 532 g/mol. The summed E-state index contributed by atoms with van der Waals surface area (Å²) in [5.41, 5.74) is 4.77. The van der Waals surface area contributed by atoms with Gasteiger partial charge in [-0.1, -0.05) is 55.1 Å². The fraction of sp³-hybridized carbons (Fsp3) is 0.387. The highest BCUT2D eigenvalue weighted by molar-refractivity contribution is 5.77. The molecule has 1 atom stereocenters. The van der Waals surface area contributed by atoms with Crippen molar-refractivity contribution >= 4 is 17.0 Å². The van der Waals surface area contributed by atoms with Crippen LogP contribution in [0, 0.1) is 12.7 Å². The van der Waals surface area contributed by atoms with E-state index in [1.165, 1.54) is 0 Å². The minimum atomic E-state index is -0.989. The number of carboxylic acid groups (broad SMARTS) is 1. The SMILES string of the molecule is C.CCn1nnc2c(F)c([C@@H](CC(=O)O)c3ccc(C)c(CN4Cc5ccccc5OC(C)(C)C4)c3)ccc21. The average Bonchev–Trinajstić information content (AvgIpc) is 3.23. The van der Waals surface area contributed by atoms with Crippen molar-refractivity contribution in [2.24, 2.45) is 0 Å².